The molecule has 4 N–H and O–H groups in total. The first-order valence-electron chi connectivity index (χ1n) is 9.55. The van der Waals surface area contributed by atoms with Gasteiger partial charge < -0.3 is 11.6 Å². The van der Waals surface area contributed by atoms with Gasteiger partial charge in [0.2, 0.25) is 5.91 Å². The Bertz CT molecular complexity index is 1090. The minimum absolute atomic E-state index is 0.111. The first-order chi connectivity index (χ1) is 14.2. The van der Waals surface area contributed by atoms with Crippen LogP contribution in [0.5, 0.6) is 0 Å². The molecule has 0 saturated heterocycles. The number of hydrazone groups is 1. The van der Waals surface area contributed by atoms with E-state index in [4.69, 9.17) is 11.6 Å². The maximum absolute atomic E-state index is 12.1. The van der Waals surface area contributed by atoms with Gasteiger partial charge in [0, 0.05) is 23.3 Å². The fourth-order valence-corrected chi connectivity index (χ4v) is 4.03. The van der Waals surface area contributed by atoms with Crippen molar-refractivity contribution in [3.8, 4) is 11.3 Å². The van der Waals surface area contributed by atoms with Crippen molar-refractivity contribution in [1.82, 2.24) is 4.98 Å². The summed E-state index contributed by atoms with van der Waals surface area (Å²) in [5.41, 5.74) is 12.4. The predicted molar refractivity (Wildman–Crippen MR) is 116 cm³/mol. The highest BCUT2D eigenvalue weighted by atomic mass is 16.1. The highest BCUT2D eigenvalue weighted by Crippen LogP contribution is 2.45. The summed E-state index contributed by atoms with van der Waals surface area (Å²) in [5.74, 6) is 5.05. The van der Waals surface area contributed by atoms with E-state index in [0.717, 1.165) is 39.9 Å². The van der Waals surface area contributed by atoms with Gasteiger partial charge in [0.05, 0.1) is 11.9 Å². The Balaban J connectivity index is 1.73. The normalized spacial score (nSPS) is 16.5. The first kappa shape index (κ1) is 18.6. The molecule has 5 nitrogen and oxygen atoms in total. The Kier molecular flexibility index (Phi) is 5.20. The van der Waals surface area contributed by atoms with Gasteiger partial charge in [0.25, 0.3) is 0 Å². The fourth-order valence-electron chi connectivity index (χ4n) is 4.03. The molecule has 29 heavy (non-hydrogen) atoms. The van der Waals surface area contributed by atoms with Crippen molar-refractivity contribution < 1.29 is 4.79 Å². The maximum atomic E-state index is 12.1. The van der Waals surface area contributed by atoms with E-state index >= 15 is 0 Å². The summed E-state index contributed by atoms with van der Waals surface area (Å²) in [6.07, 6.45) is 4.91. The molecule has 5 heteroatoms. The molecule has 1 heterocycles. The monoisotopic (exact) mass is 382 g/mol. The smallest absolute Gasteiger partial charge is 0.244 e. The number of hydrogen-bond acceptors (Lipinski definition) is 4. The molecule has 3 aromatic rings. The Morgan fingerprint density at radius 3 is 2.55 bits per heavy atom. The van der Waals surface area contributed by atoms with Crippen LogP contribution in [-0.2, 0) is 4.79 Å². The molecule has 1 aliphatic rings. The molecule has 0 spiro atoms. The van der Waals surface area contributed by atoms with E-state index in [1.807, 2.05) is 42.5 Å². The molecule has 0 aliphatic heterocycles. The number of hydrogen-bond donors (Lipinski definition) is 2. The van der Waals surface area contributed by atoms with E-state index in [0.29, 0.717) is 12.0 Å². The third-order valence-electron chi connectivity index (χ3n) is 5.35. The SMILES string of the molecule is NN=Cc1cccc(C2=C(C(N)=O)CCC2c2ccc(-c3ccccn3)cc2)c1. The number of pyridine rings is 1. The molecule has 1 atom stereocenters. The van der Waals surface area contributed by atoms with E-state index in [-0.39, 0.29) is 11.8 Å². The van der Waals surface area contributed by atoms with Gasteiger partial charge >= 0.3 is 0 Å². The van der Waals surface area contributed by atoms with Crippen LogP contribution in [0.3, 0.4) is 0 Å². The van der Waals surface area contributed by atoms with Crippen molar-refractivity contribution in [1.29, 1.82) is 0 Å². The number of allylic oxidation sites excluding steroid dienone is 1. The van der Waals surface area contributed by atoms with Gasteiger partial charge in [-0.2, -0.15) is 5.10 Å². The summed E-state index contributed by atoms with van der Waals surface area (Å²) in [5, 5.41) is 3.60. The molecule has 0 bridgehead atoms. The van der Waals surface area contributed by atoms with Crippen LogP contribution in [0.4, 0.5) is 0 Å². The third-order valence-corrected chi connectivity index (χ3v) is 5.35. The second-order valence-electron chi connectivity index (χ2n) is 7.09. The molecule has 0 saturated carbocycles. The van der Waals surface area contributed by atoms with Crippen LogP contribution >= 0.6 is 0 Å². The summed E-state index contributed by atoms with van der Waals surface area (Å²) in [6.45, 7) is 0. The summed E-state index contributed by atoms with van der Waals surface area (Å²) in [7, 11) is 0. The zero-order chi connectivity index (χ0) is 20.2. The van der Waals surface area contributed by atoms with Gasteiger partial charge in [0.15, 0.2) is 0 Å². The third kappa shape index (κ3) is 3.80. The Labute approximate surface area is 169 Å². The summed E-state index contributed by atoms with van der Waals surface area (Å²) < 4.78 is 0. The standard InChI is InChI=1S/C24H22N4O/c25-24(29)21-12-11-20(23(21)19-5-3-4-16(14-19)15-28-26)17-7-9-18(10-8-17)22-6-1-2-13-27-22/h1-10,13-15,20H,11-12,26H2,(H2,25,29). The number of carbonyl (C=O) groups excluding carboxylic acids is 1. The number of amides is 1. The second kappa shape index (κ2) is 8.10. The molecule has 2 aromatic carbocycles. The van der Waals surface area contributed by atoms with Crippen molar-refractivity contribution >= 4 is 17.7 Å². The predicted octanol–water partition coefficient (Wildman–Crippen LogP) is 3.86. The quantitative estimate of drug-likeness (QED) is 0.398. The lowest BCUT2D eigenvalue weighted by molar-refractivity contribution is -0.114. The molecule has 1 aliphatic carbocycles. The van der Waals surface area contributed by atoms with Gasteiger partial charge in [0.1, 0.15) is 0 Å². The van der Waals surface area contributed by atoms with Gasteiger partial charge in [-0.3, -0.25) is 9.78 Å². The zero-order valence-electron chi connectivity index (χ0n) is 16.0. The van der Waals surface area contributed by atoms with Gasteiger partial charge in [-0.15, -0.1) is 0 Å². The topological polar surface area (TPSA) is 94.4 Å². The first-order valence-corrected chi connectivity index (χ1v) is 9.55. The second-order valence-corrected chi connectivity index (χ2v) is 7.09. The number of nitrogens with two attached hydrogens (primary N) is 2. The number of primary amides is 1. The maximum Gasteiger partial charge on any atom is 0.244 e. The van der Waals surface area contributed by atoms with Crippen LogP contribution in [0, 0.1) is 0 Å². The summed E-state index contributed by atoms with van der Waals surface area (Å²) in [6, 6.07) is 22.1. The molecule has 1 amide bonds. The summed E-state index contributed by atoms with van der Waals surface area (Å²) in [4.78, 5) is 16.5. The van der Waals surface area contributed by atoms with Crippen LogP contribution in [0.15, 0.2) is 83.6 Å². The molecular formula is C24H22N4O. The van der Waals surface area contributed by atoms with Crippen molar-refractivity contribution in [2.45, 2.75) is 18.8 Å². The largest absolute Gasteiger partial charge is 0.366 e. The van der Waals surface area contributed by atoms with E-state index in [1.165, 1.54) is 0 Å². The summed E-state index contributed by atoms with van der Waals surface area (Å²) >= 11 is 0. The van der Waals surface area contributed by atoms with E-state index in [1.54, 1.807) is 12.4 Å². The zero-order valence-corrected chi connectivity index (χ0v) is 16.0. The number of aromatic nitrogens is 1. The lowest BCUT2D eigenvalue weighted by Gasteiger charge is -2.17. The van der Waals surface area contributed by atoms with E-state index in [2.05, 4.69) is 34.4 Å². The average molecular weight is 382 g/mol. The molecule has 1 aromatic heterocycles. The van der Waals surface area contributed by atoms with Crippen LogP contribution in [0.2, 0.25) is 0 Å². The number of nitrogens with zero attached hydrogens (tertiary/aromatic N) is 2. The average Bonchev–Trinajstić information content (AvgIpc) is 3.21. The molecular weight excluding hydrogens is 360 g/mol. The van der Waals surface area contributed by atoms with Crippen LogP contribution in [0.1, 0.15) is 35.4 Å². The Hall–Kier alpha value is -3.73. The van der Waals surface area contributed by atoms with Crippen molar-refractivity contribution in [3.63, 3.8) is 0 Å². The highest BCUT2D eigenvalue weighted by Gasteiger charge is 2.30. The molecule has 144 valence electrons. The van der Waals surface area contributed by atoms with Gasteiger partial charge in [-0.05, 0) is 53.3 Å². The minimum Gasteiger partial charge on any atom is -0.366 e. The number of carbonyl (C=O) groups is 1. The minimum atomic E-state index is -0.356. The molecule has 4 rings (SSSR count). The lowest BCUT2D eigenvalue weighted by atomic mass is 9.86. The molecule has 0 fully saturated rings. The van der Waals surface area contributed by atoms with Crippen LogP contribution in [0.25, 0.3) is 16.8 Å². The fraction of sp³-hybridized carbons (Fsp3) is 0.125. The van der Waals surface area contributed by atoms with Crippen LogP contribution < -0.4 is 11.6 Å². The number of benzene rings is 2. The lowest BCUT2D eigenvalue weighted by Crippen LogP contribution is -2.14. The molecule has 1 unspecified atom stereocenters. The van der Waals surface area contributed by atoms with Crippen LogP contribution in [-0.4, -0.2) is 17.1 Å². The Morgan fingerprint density at radius 1 is 1.03 bits per heavy atom. The van der Waals surface area contributed by atoms with Gasteiger partial charge in [-0.25, -0.2) is 0 Å². The van der Waals surface area contributed by atoms with E-state index in [9.17, 15) is 4.79 Å². The van der Waals surface area contributed by atoms with Crippen molar-refractivity contribution in [2.24, 2.45) is 16.7 Å². The Morgan fingerprint density at radius 2 is 1.86 bits per heavy atom. The van der Waals surface area contributed by atoms with Crippen molar-refractivity contribution in [2.75, 3.05) is 0 Å². The molecule has 0 radical (unpaired) electrons. The van der Waals surface area contributed by atoms with Gasteiger partial charge in [-0.1, -0.05) is 48.5 Å². The van der Waals surface area contributed by atoms with Crippen molar-refractivity contribution in [3.05, 3.63) is 95.2 Å². The number of rotatable bonds is 5. The highest BCUT2D eigenvalue weighted by molar-refractivity contribution is 6.03. The van der Waals surface area contributed by atoms with E-state index < -0.39 is 0 Å².